The molecule has 2 heterocycles. The Morgan fingerprint density at radius 3 is 2.78 bits per heavy atom. The summed E-state index contributed by atoms with van der Waals surface area (Å²) in [5.41, 5.74) is 1.07. The molecule has 1 N–H and O–H groups in total. The fourth-order valence-electron chi connectivity index (χ4n) is 2.26. The molecule has 0 aromatic carbocycles. The Hall–Kier alpha value is -1.46. The minimum Gasteiger partial charge on any atom is -0.394 e. The number of hydrogen-bond donors (Lipinski definition) is 1. The van der Waals surface area contributed by atoms with Crippen LogP contribution in [0.25, 0.3) is 0 Å². The Kier molecular flexibility index (Phi) is 4.28. The maximum atomic E-state index is 12.3. The van der Waals surface area contributed by atoms with Crippen LogP contribution in [0, 0.1) is 0 Å². The highest BCUT2D eigenvalue weighted by Gasteiger charge is 2.29. The Morgan fingerprint density at radius 1 is 1.39 bits per heavy atom. The number of rotatable bonds is 3. The van der Waals surface area contributed by atoms with E-state index in [1.807, 2.05) is 29.0 Å². The molecule has 1 saturated heterocycles. The van der Waals surface area contributed by atoms with Crippen molar-refractivity contribution in [1.82, 2.24) is 14.8 Å². The topological polar surface area (TPSA) is 56.7 Å². The molecule has 1 amide bonds. The number of aliphatic hydroxyl groups is 1. The molecule has 2 rings (SSSR count). The molecule has 1 fully saturated rings. The van der Waals surface area contributed by atoms with Crippen LogP contribution in [-0.2, 0) is 11.3 Å². The van der Waals surface area contributed by atoms with Gasteiger partial charge in [0.15, 0.2) is 0 Å². The number of aromatic nitrogens is 1. The zero-order valence-electron chi connectivity index (χ0n) is 10.6. The standard InChI is InChI=1S/C13H19N3O2/c1-15-7-2-8-16(13(18)12(15)10-17)9-11-3-5-14-6-4-11/h3-6,12,17H,2,7-10H2,1H3. The van der Waals surface area contributed by atoms with E-state index in [4.69, 9.17) is 0 Å². The number of nitrogens with zero attached hydrogens (tertiary/aromatic N) is 3. The summed E-state index contributed by atoms with van der Waals surface area (Å²) in [5.74, 6) is 0.00862. The van der Waals surface area contributed by atoms with E-state index in [9.17, 15) is 9.90 Å². The molecule has 5 heteroatoms. The predicted octanol–water partition coefficient (Wildman–Crippen LogP) is 0.107. The molecule has 1 aromatic rings. The summed E-state index contributed by atoms with van der Waals surface area (Å²) in [6.07, 6.45) is 4.39. The maximum absolute atomic E-state index is 12.3. The SMILES string of the molecule is CN1CCCN(Cc2ccncc2)C(=O)C1CO. The van der Waals surface area contributed by atoms with Crippen molar-refractivity contribution in [1.29, 1.82) is 0 Å². The molecule has 5 nitrogen and oxygen atoms in total. The molecule has 1 aliphatic heterocycles. The van der Waals surface area contributed by atoms with E-state index < -0.39 is 6.04 Å². The second kappa shape index (κ2) is 5.93. The molecular weight excluding hydrogens is 230 g/mol. The summed E-state index contributed by atoms with van der Waals surface area (Å²) in [6.45, 7) is 2.04. The van der Waals surface area contributed by atoms with Gasteiger partial charge in [-0.2, -0.15) is 0 Å². The molecule has 1 aromatic heterocycles. The highest BCUT2D eigenvalue weighted by Crippen LogP contribution is 2.13. The van der Waals surface area contributed by atoms with Crippen molar-refractivity contribution in [3.8, 4) is 0 Å². The maximum Gasteiger partial charge on any atom is 0.242 e. The molecular formula is C13H19N3O2. The summed E-state index contributed by atoms with van der Waals surface area (Å²) in [6, 6.07) is 3.42. The van der Waals surface area contributed by atoms with Crippen LogP contribution in [0.15, 0.2) is 24.5 Å². The quantitative estimate of drug-likeness (QED) is 0.826. The molecule has 0 aliphatic carbocycles. The lowest BCUT2D eigenvalue weighted by molar-refractivity contribution is -0.136. The Labute approximate surface area is 107 Å². The molecule has 0 radical (unpaired) electrons. The third-order valence-corrected chi connectivity index (χ3v) is 3.36. The highest BCUT2D eigenvalue weighted by molar-refractivity contribution is 5.82. The van der Waals surface area contributed by atoms with Gasteiger partial charge in [0, 0.05) is 32.0 Å². The zero-order chi connectivity index (χ0) is 13.0. The van der Waals surface area contributed by atoms with Gasteiger partial charge in [-0.25, -0.2) is 0 Å². The molecule has 1 atom stereocenters. The van der Waals surface area contributed by atoms with Gasteiger partial charge < -0.3 is 10.0 Å². The van der Waals surface area contributed by atoms with Gasteiger partial charge in [0.2, 0.25) is 5.91 Å². The summed E-state index contributed by atoms with van der Waals surface area (Å²) in [4.78, 5) is 20.0. The molecule has 1 aliphatic rings. The van der Waals surface area contributed by atoms with E-state index in [1.165, 1.54) is 0 Å². The van der Waals surface area contributed by atoms with Gasteiger partial charge in [-0.3, -0.25) is 14.7 Å². The lowest BCUT2D eigenvalue weighted by Crippen LogP contribution is -2.46. The van der Waals surface area contributed by atoms with Crippen molar-refractivity contribution in [2.24, 2.45) is 0 Å². The normalized spacial score (nSPS) is 22.0. The average Bonchev–Trinajstić information content (AvgIpc) is 2.51. The number of carbonyl (C=O) groups is 1. The number of aliphatic hydroxyl groups excluding tert-OH is 1. The number of likely N-dealkylation sites (N-methyl/N-ethyl adjacent to an activating group) is 1. The number of hydrogen-bond acceptors (Lipinski definition) is 4. The van der Waals surface area contributed by atoms with Crippen LogP contribution in [0.2, 0.25) is 0 Å². The summed E-state index contributed by atoms with van der Waals surface area (Å²) < 4.78 is 0. The Morgan fingerprint density at radius 2 is 2.11 bits per heavy atom. The fourth-order valence-corrected chi connectivity index (χ4v) is 2.26. The van der Waals surface area contributed by atoms with E-state index in [0.717, 1.165) is 25.1 Å². The van der Waals surface area contributed by atoms with Crippen molar-refractivity contribution in [3.63, 3.8) is 0 Å². The lowest BCUT2D eigenvalue weighted by atomic mass is 10.2. The number of carbonyl (C=O) groups excluding carboxylic acids is 1. The monoisotopic (exact) mass is 249 g/mol. The smallest absolute Gasteiger partial charge is 0.242 e. The summed E-state index contributed by atoms with van der Waals surface area (Å²) >= 11 is 0. The molecule has 0 saturated carbocycles. The van der Waals surface area contributed by atoms with Gasteiger partial charge in [-0.1, -0.05) is 0 Å². The van der Waals surface area contributed by atoms with Gasteiger partial charge in [0.1, 0.15) is 6.04 Å². The highest BCUT2D eigenvalue weighted by atomic mass is 16.3. The van der Waals surface area contributed by atoms with Gasteiger partial charge >= 0.3 is 0 Å². The van der Waals surface area contributed by atoms with E-state index >= 15 is 0 Å². The fraction of sp³-hybridized carbons (Fsp3) is 0.538. The molecule has 0 bridgehead atoms. The van der Waals surface area contributed by atoms with Gasteiger partial charge in [-0.15, -0.1) is 0 Å². The van der Waals surface area contributed by atoms with Crippen LogP contribution in [0.1, 0.15) is 12.0 Å². The second-order valence-electron chi connectivity index (χ2n) is 4.65. The lowest BCUT2D eigenvalue weighted by Gasteiger charge is -2.26. The Balaban J connectivity index is 2.10. The van der Waals surface area contributed by atoms with Crippen molar-refractivity contribution in [3.05, 3.63) is 30.1 Å². The largest absolute Gasteiger partial charge is 0.394 e. The van der Waals surface area contributed by atoms with E-state index in [0.29, 0.717) is 6.54 Å². The van der Waals surface area contributed by atoms with E-state index in [2.05, 4.69) is 4.98 Å². The first kappa shape index (κ1) is 13.0. The second-order valence-corrected chi connectivity index (χ2v) is 4.65. The summed E-state index contributed by atoms with van der Waals surface area (Å²) in [5, 5.41) is 9.34. The van der Waals surface area contributed by atoms with Crippen molar-refractivity contribution >= 4 is 5.91 Å². The molecule has 0 spiro atoms. The molecule has 1 unspecified atom stereocenters. The van der Waals surface area contributed by atoms with E-state index in [-0.39, 0.29) is 12.5 Å². The van der Waals surface area contributed by atoms with Crippen LogP contribution < -0.4 is 0 Å². The third-order valence-electron chi connectivity index (χ3n) is 3.36. The first-order chi connectivity index (χ1) is 8.72. The third kappa shape index (κ3) is 2.86. The van der Waals surface area contributed by atoms with Crippen molar-refractivity contribution < 1.29 is 9.90 Å². The Bertz CT molecular complexity index is 396. The van der Waals surface area contributed by atoms with E-state index in [1.54, 1.807) is 12.4 Å². The van der Waals surface area contributed by atoms with Gasteiger partial charge in [0.05, 0.1) is 6.61 Å². The van der Waals surface area contributed by atoms with Crippen LogP contribution in [0.5, 0.6) is 0 Å². The van der Waals surface area contributed by atoms with Gasteiger partial charge in [-0.05, 0) is 31.2 Å². The van der Waals surface area contributed by atoms with Crippen LogP contribution in [0.3, 0.4) is 0 Å². The summed E-state index contributed by atoms with van der Waals surface area (Å²) in [7, 11) is 1.88. The number of pyridine rings is 1. The minimum absolute atomic E-state index is 0.00862. The first-order valence-corrected chi connectivity index (χ1v) is 6.21. The number of amides is 1. The zero-order valence-corrected chi connectivity index (χ0v) is 10.6. The predicted molar refractivity (Wildman–Crippen MR) is 67.8 cm³/mol. The van der Waals surface area contributed by atoms with Crippen molar-refractivity contribution in [2.45, 2.75) is 19.0 Å². The van der Waals surface area contributed by atoms with Crippen LogP contribution in [0.4, 0.5) is 0 Å². The first-order valence-electron chi connectivity index (χ1n) is 6.21. The van der Waals surface area contributed by atoms with Crippen molar-refractivity contribution in [2.75, 3.05) is 26.7 Å². The molecule has 98 valence electrons. The average molecular weight is 249 g/mol. The van der Waals surface area contributed by atoms with Gasteiger partial charge in [0.25, 0.3) is 0 Å². The minimum atomic E-state index is -0.408. The molecule has 18 heavy (non-hydrogen) atoms. The van der Waals surface area contributed by atoms with Crippen LogP contribution >= 0.6 is 0 Å². The van der Waals surface area contributed by atoms with Crippen LogP contribution in [-0.4, -0.2) is 58.6 Å².